The minimum absolute atomic E-state index is 0.311. The normalized spacial score (nSPS) is 24.4. The van der Waals surface area contributed by atoms with E-state index in [-0.39, 0.29) is 0 Å². The van der Waals surface area contributed by atoms with Crippen LogP contribution in [0.25, 0.3) is 0 Å². The maximum absolute atomic E-state index is 3.85. The molecule has 1 saturated heterocycles. The van der Waals surface area contributed by atoms with Gasteiger partial charge in [0, 0.05) is 5.54 Å². The summed E-state index contributed by atoms with van der Waals surface area (Å²) < 4.78 is 0. The van der Waals surface area contributed by atoms with Crippen molar-refractivity contribution in [1.82, 2.24) is 5.32 Å². The first-order valence-corrected chi connectivity index (χ1v) is 7.69. The number of benzene rings is 1. The predicted molar refractivity (Wildman–Crippen MR) is 83.5 cm³/mol. The van der Waals surface area contributed by atoms with Gasteiger partial charge in [-0.3, -0.25) is 0 Å². The quantitative estimate of drug-likeness (QED) is 0.843. The van der Waals surface area contributed by atoms with Crippen molar-refractivity contribution in [3.8, 4) is 0 Å². The summed E-state index contributed by atoms with van der Waals surface area (Å²) in [6, 6.07) is 9.08. The molecule has 0 amide bonds. The van der Waals surface area contributed by atoms with Crippen LogP contribution in [0.3, 0.4) is 0 Å². The lowest BCUT2D eigenvalue weighted by Crippen LogP contribution is -2.52. The smallest absolute Gasteiger partial charge is 0.0226 e. The first-order valence-electron chi connectivity index (χ1n) is 7.69. The minimum atomic E-state index is 0.311. The van der Waals surface area contributed by atoms with Crippen molar-refractivity contribution < 1.29 is 0 Å². The van der Waals surface area contributed by atoms with Gasteiger partial charge in [0.2, 0.25) is 0 Å². The van der Waals surface area contributed by atoms with Crippen LogP contribution >= 0.6 is 0 Å². The topological polar surface area (TPSA) is 12.0 Å². The Morgan fingerprint density at radius 1 is 1.11 bits per heavy atom. The maximum atomic E-state index is 3.85. The van der Waals surface area contributed by atoms with Crippen LogP contribution in [0.1, 0.15) is 57.6 Å². The summed E-state index contributed by atoms with van der Waals surface area (Å²) in [7, 11) is 0. The van der Waals surface area contributed by atoms with E-state index < -0.39 is 0 Å². The van der Waals surface area contributed by atoms with Crippen molar-refractivity contribution in [3.05, 3.63) is 35.4 Å². The largest absolute Gasteiger partial charge is 0.311 e. The molecule has 1 heteroatoms. The second-order valence-electron chi connectivity index (χ2n) is 7.56. The van der Waals surface area contributed by atoms with E-state index in [9.17, 15) is 0 Å². The summed E-state index contributed by atoms with van der Waals surface area (Å²) in [4.78, 5) is 0. The van der Waals surface area contributed by atoms with Crippen molar-refractivity contribution in [1.29, 1.82) is 0 Å². The third kappa shape index (κ3) is 4.35. The first-order chi connectivity index (χ1) is 8.89. The van der Waals surface area contributed by atoms with E-state index >= 15 is 0 Å². The summed E-state index contributed by atoms with van der Waals surface area (Å²) >= 11 is 0. The molecule has 1 N–H and O–H groups in total. The molecule has 1 unspecified atom stereocenters. The first kappa shape index (κ1) is 14.6. The highest BCUT2D eigenvalue weighted by Crippen LogP contribution is 2.35. The van der Waals surface area contributed by atoms with Gasteiger partial charge in [0.25, 0.3) is 0 Å². The average Bonchev–Trinajstić information content (AvgIpc) is 2.31. The fourth-order valence-corrected chi connectivity index (χ4v) is 3.51. The number of aryl methyl sites for hydroxylation is 1. The molecule has 0 saturated carbocycles. The molecule has 1 atom stereocenters. The standard InChI is InChI=1S/C18H29N/c1-15-7-9-16(10-8-15)13-18(14-17(2,3)4)11-5-6-12-19-18/h7-10,19H,5-6,11-14H2,1-4H3. The van der Waals surface area contributed by atoms with Gasteiger partial charge >= 0.3 is 0 Å². The molecular weight excluding hydrogens is 230 g/mol. The Labute approximate surface area is 118 Å². The molecule has 1 aromatic carbocycles. The fraction of sp³-hybridized carbons (Fsp3) is 0.667. The van der Waals surface area contributed by atoms with Gasteiger partial charge in [-0.25, -0.2) is 0 Å². The lowest BCUT2D eigenvalue weighted by Gasteiger charge is -2.43. The molecule has 1 aromatic rings. The summed E-state index contributed by atoms with van der Waals surface area (Å²) in [5.74, 6) is 0. The highest BCUT2D eigenvalue weighted by atomic mass is 15.0. The Bertz CT molecular complexity index is 391. The van der Waals surface area contributed by atoms with Crippen molar-refractivity contribution in [2.45, 2.75) is 65.3 Å². The number of piperidine rings is 1. The minimum Gasteiger partial charge on any atom is -0.311 e. The molecule has 1 fully saturated rings. The zero-order chi connectivity index (χ0) is 13.9. The highest BCUT2D eigenvalue weighted by molar-refractivity contribution is 5.23. The number of nitrogens with one attached hydrogen (secondary N) is 1. The second kappa shape index (κ2) is 5.66. The molecule has 0 bridgehead atoms. The van der Waals surface area contributed by atoms with E-state index in [2.05, 4.69) is 57.3 Å². The Hall–Kier alpha value is -0.820. The van der Waals surface area contributed by atoms with E-state index in [0.29, 0.717) is 11.0 Å². The van der Waals surface area contributed by atoms with Crippen LogP contribution < -0.4 is 5.32 Å². The Kier molecular flexibility index (Phi) is 4.35. The summed E-state index contributed by atoms with van der Waals surface area (Å²) in [5.41, 5.74) is 3.52. The lowest BCUT2D eigenvalue weighted by atomic mass is 9.72. The van der Waals surface area contributed by atoms with Gasteiger partial charge in [-0.15, -0.1) is 0 Å². The zero-order valence-electron chi connectivity index (χ0n) is 13.1. The van der Waals surface area contributed by atoms with Gasteiger partial charge in [0.1, 0.15) is 0 Å². The molecule has 106 valence electrons. The molecule has 1 heterocycles. The maximum Gasteiger partial charge on any atom is 0.0226 e. The van der Waals surface area contributed by atoms with Gasteiger partial charge in [0.15, 0.2) is 0 Å². The average molecular weight is 259 g/mol. The molecule has 1 aliphatic rings. The molecule has 1 nitrogen and oxygen atoms in total. The van der Waals surface area contributed by atoms with Gasteiger partial charge < -0.3 is 5.32 Å². The molecular formula is C18H29N. The van der Waals surface area contributed by atoms with E-state index in [0.717, 1.165) is 0 Å². The summed E-state index contributed by atoms with van der Waals surface area (Å²) in [5, 5.41) is 3.85. The molecule has 0 aromatic heterocycles. The predicted octanol–water partition coefficient (Wildman–Crippen LogP) is 4.49. The molecule has 0 spiro atoms. The van der Waals surface area contributed by atoms with Crippen LogP contribution in [0.15, 0.2) is 24.3 Å². The SMILES string of the molecule is Cc1ccc(CC2(CC(C)(C)C)CCCCN2)cc1. The monoisotopic (exact) mass is 259 g/mol. The van der Waals surface area contributed by atoms with Crippen LogP contribution in [0, 0.1) is 12.3 Å². The molecule has 2 rings (SSSR count). The van der Waals surface area contributed by atoms with E-state index in [1.54, 1.807) is 0 Å². The lowest BCUT2D eigenvalue weighted by molar-refractivity contribution is 0.168. The summed E-state index contributed by atoms with van der Waals surface area (Å²) in [6.45, 7) is 10.4. The van der Waals surface area contributed by atoms with Crippen LogP contribution in [-0.2, 0) is 6.42 Å². The Balaban J connectivity index is 2.15. The number of hydrogen-bond acceptors (Lipinski definition) is 1. The van der Waals surface area contributed by atoms with Crippen molar-refractivity contribution >= 4 is 0 Å². The zero-order valence-corrected chi connectivity index (χ0v) is 13.1. The van der Waals surface area contributed by atoms with Crippen LogP contribution in [0.2, 0.25) is 0 Å². The Morgan fingerprint density at radius 2 is 1.79 bits per heavy atom. The third-order valence-electron chi connectivity index (χ3n) is 4.11. The van der Waals surface area contributed by atoms with E-state index in [1.807, 2.05) is 0 Å². The number of hydrogen-bond donors (Lipinski definition) is 1. The molecule has 0 radical (unpaired) electrons. The third-order valence-corrected chi connectivity index (χ3v) is 4.11. The second-order valence-corrected chi connectivity index (χ2v) is 7.56. The molecule has 0 aliphatic carbocycles. The molecule has 19 heavy (non-hydrogen) atoms. The van der Waals surface area contributed by atoms with Crippen LogP contribution in [0.4, 0.5) is 0 Å². The van der Waals surface area contributed by atoms with Gasteiger partial charge in [-0.1, -0.05) is 57.0 Å². The van der Waals surface area contributed by atoms with Gasteiger partial charge in [-0.2, -0.15) is 0 Å². The van der Waals surface area contributed by atoms with E-state index in [1.165, 1.54) is 49.8 Å². The van der Waals surface area contributed by atoms with Crippen molar-refractivity contribution in [2.75, 3.05) is 6.54 Å². The van der Waals surface area contributed by atoms with Crippen molar-refractivity contribution in [3.63, 3.8) is 0 Å². The fourth-order valence-electron chi connectivity index (χ4n) is 3.51. The number of rotatable bonds is 3. The molecule has 1 aliphatic heterocycles. The highest BCUT2D eigenvalue weighted by Gasteiger charge is 2.35. The Morgan fingerprint density at radius 3 is 2.32 bits per heavy atom. The van der Waals surface area contributed by atoms with Gasteiger partial charge in [-0.05, 0) is 50.1 Å². The van der Waals surface area contributed by atoms with Crippen LogP contribution in [0.5, 0.6) is 0 Å². The van der Waals surface area contributed by atoms with E-state index in [4.69, 9.17) is 0 Å². The van der Waals surface area contributed by atoms with Crippen molar-refractivity contribution in [2.24, 2.45) is 5.41 Å². The van der Waals surface area contributed by atoms with Crippen LogP contribution in [-0.4, -0.2) is 12.1 Å². The summed E-state index contributed by atoms with van der Waals surface area (Å²) in [6.07, 6.45) is 6.45. The van der Waals surface area contributed by atoms with Gasteiger partial charge in [0.05, 0.1) is 0 Å².